The lowest BCUT2D eigenvalue weighted by molar-refractivity contribution is -0.122. The number of amides is 1. The zero-order valence-electron chi connectivity index (χ0n) is 21.3. The smallest absolute Gasteiger partial charge is 0.220 e. The van der Waals surface area contributed by atoms with Crippen molar-refractivity contribution in [3.05, 3.63) is 35.9 Å². The summed E-state index contributed by atoms with van der Waals surface area (Å²) in [6.45, 7) is 4.58. The lowest BCUT2D eigenvalue weighted by Gasteiger charge is -2.40. The minimum absolute atomic E-state index is 0.0253. The third-order valence-corrected chi connectivity index (χ3v) is 8.99. The van der Waals surface area contributed by atoms with Crippen molar-refractivity contribution in [2.24, 2.45) is 35.5 Å². The van der Waals surface area contributed by atoms with Gasteiger partial charge in [0.15, 0.2) is 0 Å². The van der Waals surface area contributed by atoms with Crippen LogP contribution in [0.2, 0.25) is 0 Å². The molecule has 188 valence electrons. The second-order valence-electron chi connectivity index (χ2n) is 11.8. The van der Waals surface area contributed by atoms with Crippen LogP contribution >= 0.6 is 0 Å². The Hall–Kier alpha value is -1.68. The highest BCUT2D eigenvalue weighted by Gasteiger charge is 2.46. The molecule has 0 bridgehead atoms. The van der Waals surface area contributed by atoms with Gasteiger partial charge in [0.05, 0.1) is 6.10 Å². The predicted octanol–water partition coefficient (Wildman–Crippen LogP) is 5.71. The summed E-state index contributed by atoms with van der Waals surface area (Å²) in [6.07, 6.45) is 11.5. The minimum Gasteiger partial charge on any atom is -0.392 e. The molecule has 4 heteroatoms. The van der Waals surface area contributed by atoms with E-state index in [1.165, 1.54) is 18.4 Å². The number of ketones is 1. The van der Waals surface area contributed by atoms with E-state index in [1.54, 1.807) is 0 Å². The van der Waals surface area contributed by atoms with Crippen molar-refractivity contribution in [1.82, 2.24) is 5.32 Å². The van der Waals surface area contributed by atoms with Gasteiger partial charge in [0, 0.05) is 24.8 Å². The number of aryl methyl sites for hydroxylation is 1. The Bertz CT molecular complexity index is 805. The van der Waals surface area contributed by atoms with E-state index in [0.717, 1.165) is 51.4 Å². The summed E-state index contributed by atoms with van der Waals surface area (Å²) >= 11 is 0. The summed E-state index contributed by atoms with van der Waals surface area (Å²) in [5, 5.41) is 13.9. The summed E-state index contributed by atoms with van der Waals surface area (Å²) < 4.78 is 0. The number of rotatable bonds is 13. The van der Waals surface area contributed by atoms with Crippen LogP contribution < -0.4 is 5.32 Å². The Kier molecular flexibility index (Phi) is 8.85. The largest absolute Gasteiger partial charge is 0.392 e. The zero-order valence-corrected chi connectivity index (χ0v) is 21.3. The molecular weight excluding hydrogens is 422 g/mol. The highest BCUT2D eigenvalue weighted by molar-refractivity contribution is 5.84. The van der Waals surface area contributed by atoms with E-state index in [4.69, 9.17) is 0 Å². The number of hydrogen-bond donors (Lipinski definition) is 2. The van der Waals surface area contributed by atoms with Crippen molar-refractivity contribution in [1.29, 1.82) is 0 Å². The summed E-state index contributed by atoms with van der Waals surface area (Å²) in [6, 6.07) is 11.1. The van der Waals surface area contributed by atoms with Gasteiger partial charge in [-0.25, -0.2) is 0 Å². The van der Waals surface area contributed by atoms with E-state index in [0.29, 0.717) is 42.6 Å². The van der Waals surface area contributed by atoms with Gasteiger partial charge in [-0.1, -0.05) is 44.2 Å². The molecule has 0 heterocycles. The van der Waals surface area contributed by atoms with Crippen LogP contribution in [0.25, 0.3) is 0 Å². The molecule has 0 radical (unpaired) electrons. The average molecular weight is 468 g/mol. The molecule has 1 aromatic rings. The van der Waals surface area contributed by atoms with Gasteiger partial charge in [0.2, 0.25) is 5.91 Å². The molecule has 3 fully saturated rings. The number of carbonyl (C=O) groups is 2. The Morgan fingerprint density at radius 2 is 1.82 bits per heavy atom. The quantitative estimate of drug-likeness (QED) is 0.390. The van der Waals surface area contributed by atoms with Crippen molar-refractivity contribution in [2.45, 2.75) is 103 Å². The summed E-state index contributed by atoms with van der Waals surface area (Å²) in [5.41, 5.74) is 1.39. The van der Waals surface area contributed by atoms with Gasteiger partial charge in [-0.15, -0.1) is 0 Å². The molecule has 0 spiro atoms. The SMILES string of the molecule is C[C@@H](CCc1ccccc1)C[C@H](C)[C@H]1[C@H](O)CC(=O)[C@@H]1CC1CC[C@H]1CCCC(=O)NC1CC1. The van der Waals surface area contributed by atoms with E-state index >= 15 is 0 Å². The highest BCUT2D eigenvalue weighted by Crippen LogP contribution is 2.47. The number of Topliss-reactive ketones (excluding diaryl/α,β-unsaturated/α-hetero) is 1. The Labute approximate surface area is 206 Å². The molecule has 1 amide bonds. The zero-order chi connectivity index (χ0) is 24.1. The first-order chi connectivity index (χ1) is 16.4. The lowest BCUT2D eigenvalue weighted by Crippen LogP contribution is -2.34. The summed E-state index contributed by atoms with van der Waals surface area (Å²) in [4.78, 5) is 24.8. The van der Waals surface area contributed by atoms with Crippen LogP contribution in [0.5, 0.6) is 0 Å². The number of aliphatic hydroxyl groups is 1. The third kappa shape index (κ3) is 6.93. The van der Waals surface area contributed by atoms with Crippen molar-refractivity contribution in [3.63, 3.8) is 0 Å². The average Bonchev–Trinajstić information content (AvgIpc) is 3.56. The second-order valence-corrected chi connectivity index (χ2v) is 11.8. The maximum Gasteiger partial charge on any atom is 0.220 e. The molecule has 4 nitrogen and oxygen atoms in total. The van der Waals surface area contributed by atoms with Gasteiger partial charge in [-0.05, 0) is 99.4 Å². The highest BCUT2D eigenvalue weighted by atomic mass is 16.3. The first-order valence-corrected chi connectivity index (χ1v) is 13.9. The fraction of sp³-hybridized carbons (Fsp3) is 0.733. The van der Waals surface area contributed by atoms with Gasteiger partial charge in [0.1, 0.15) is 5.78 Å². The van der Waals surface area contributed by atoms with Crippen LogP contribution in [0.1, 0.15) is 90.0 Å². The Morgan fingerprint density at radius 3 is 2.50 bits per heavy atom. The number of carbonyl (C=O) groups excluding carboxylic acids is 2. The van der Waals surface area contributed by atoms with E-state index in [2.05, 4.69) is 49.5 Å². The van der Waals surface area contributed by atoms with Crippen LogP contribution in [0, 0.1) is 35.5 Å². The number of nitrogens with one attached hydrogen (secondary N) is 1. The molecule has 7 atom stereocenters. The normalized spacial score (nSPS) is 30.6. The van der Waals surface area contributed by atoms with Gasteiger partial charge in [0.25, 0.3) is 0 Å². The third-order valence-electron chi connectivity index (χ3n) is 8.99. The standard InChI is InChI=1S/C30H45NO3/c1-20(11-12-22-7-4-3-5-8-22)17-21(2)30-26(27(32)19-28(30)33)18-24-14-13-23(24)9-6-10-29(34)31-25-15-16-25/h3-5,7-8,20-21,23-26,28,30,33H,6,9-19H2,1-2H3,(H,31,34)/t20-,21-,23+,24?,26-,28+,30+/m0/s1. The lowest BCUT2D eigenvalue weighted by atomic mass is 9.65. The first-order valence-electron chi connectivity index (χ1n) is 13.9. The predicted molar refractivity (Wildman–Crippen MR) is 136 cm³/mol. The Balaban J connectivity index is 1.23. The van der Waals surface area contributed by atoms with Crippen LogP contribution in [-0.4, -0.2) is 28.9 Å². The van der Waals surface area contributed by atoms with Crippen molar-refractivity contribution in [2.75, 3.05) is 0 Å². The fourth-order valence-electron chi connectivity index (χ4n) is 6.72. The topological polar surface area (TPSA) is 66.4 Å². The van der Waals surface area contributed by atoms with E-state index < -0.39 is 6.10 Å². The molecule has 3 aliphatic rings. The molecule has 0 saturated heterocycles. The van der Waals surface area contributed by atoms with Crippen LogP contribution in [0.4, 0.5) is 0 Å². The molecule has 3 aliphatic carbocycles. The molecule has 0 aromatic heterocycles. The number of benzene rings is 1. The van der Waals surface area contributed by atoms with E-state index in [1.807, 2.05) is 0 Å². The molecule has 0 aliphatic heterocycles. The van der Waals surface area contributed by atoms with Gasteiger partial charge < -0.3 is 10.4 Å². The molecule has 34 heavy (non-hydrogen) atoms. The van der Waals surface area contributed by atoms with Crippen LogP contribution in [0.3, 0.4) is 0 Å². The molecule has 1 unspecified atom stereocenters. The van der Waals surface area contributed by atoms with E-state index in [-0.39, 0.29) is 23.5 Å². The maximum absolute atomic E-state index is 12.9. The fourth-order valence-corrected chi connectivity index (χ4v) is 6.72. The maximum atomic E-state index is 12.9. The van der Waals surface area contributed by atoms with Gasteiger partial charge >= 0.3 is 0 Å². The Morgan fingerprint density at radius 1 is 1.09 bits per heavy atom. The summed E-state index contributed by atoms with van der Waals surface area (Å²) in [5.74, 6) is 2.82. The van der Waals surface area contributed by atoms with Crippen molar-refractivity contribution >= 4 is 11.7 Å². The van der Waals surface area contributed by atoms with Gasteiger partial charge in [-0.3, -0.25) is 9.59 Å². The first kappa shape index (κ1) is 25.4. The van der Waals surface area contributed by atoms with Crippen LogP contribution in [0.15, 0.2) is 30.3 Å². The van der Waals surface area contributed by atoms with Crippen LogP contribution in [-0.2, 0) is 16.0 Å². The van der Waals surface area contributed by atoms with Crippen molar-refractivity contribution < 1.29 is 14.7 Å². The molecule has 2 N–H and O–H groups in total. The molecular formula is C30H45NO3. The minimum atomic E-state index is -0.474. The summed E-state index contributed by atoms with van der Waals surface area (Å²) in [7, 11) is 0. The van der Waals surface area contributed by atoms with Gasteiger partial charge in [-0.2, -0.15) is 0 Å². The number of aliphatic hydroxyl groups excluding tert-OH is 1. The number of hydrogen-bond acceptors (Lipinski definition) is 3. The van der Waals surface area contributed by atoms with E-state index in [9.17, 15) is 14.7 Å². The monoisotopic (exact) mass is 467 g/mol. The second kappa shape index (κ2) is 11.8. The molecule has 1 aromatic carbocycles. The molecule has 3 saturated carbocycles. The molecule has 4 rings (SSSR count). The van der Waals surface area contributed by atoms with Crippen molar-refractivity contribution in [3.8, 4) is 0 Å².